The average Bonchev–Trinajstić information content (AvgIpc) is 2.39. The Hall–Kier alpha value is -0.160. The molecular weight excluding hydrogens is 252 g/mol. The standard InChI is InChI=1S/C16H34N2O2/c1-5-20-15-8-6-10-18(12-15)11-7-9-16(4,13-19)17-14(2)3/h14-15,17,19H,5-13H2,1-4H3. The maximum absolute atomic E-state index is 9.59. The van der Waals surface area contributed by atoms with Gasteiger partial charge in [-0.15, -0.1) is 0 Å². The quantitative estimate of drug-likeness (QED) is 0.681. The molecule has 2 atom stereocenters. The van der Waals surface area contributed by atoms with Gasteiger partial charge in [-0.25, -0.2) is 0 Å². The second-order valence-electron chi connectivity index (χ2n) is 6.64. The van der Waals surface area contributed by atoms with Crippen LogP contribution in [0.15, 0.2) is 0 Å². The number of piperidine rings is 1. The minimum Gasteiger partial charge on any atom is -0.394 e. The summed E-state index contributed by atoms with van der Waals surface area (Å²) in [5, 5.41) is 13.1. The van der Waals surface area contributed by atoms with Crippen LogP contribution in [0.1, 0.15) is 53.4 Å². The SMILES string of the molecule is CCOC1CCCN(CCCC(C)(CO)NC(C)C)C1. The highest BCUT2D eigenvalue weighted by Crippen LogP contribution is 2.17. The van der Waals surface area contributed by atoms with Gasteiger partial charge >= 0.3 is 0 Å². The van der Waals surface area contributed by atoms with Gasteiger partial charge in [0.05, 0.1) is 12.7 Å². The second-order valence-corrected chi connectivity index (χ2v) is 6.64. The summed E-state index contributed by atoms with van der Waals surface area (Å²) in [5.41, 5.74) is -0.150. The van der Waals surface area contributed by atoms with E-state index in [0.717, 1.165) is 32.5 Å². The molecule has 0 aromatic carbocycles. The van der Waals surface area contributed by atoms with Gasteiger partial charge in [0.2, 0.25) is 0 Å². The van der Waals surface area contributed by atoms with Crippen LogP contribution >= 0.6 is 0 Å². The van der Waals surface area contributed by atoms with Gasteiger partial charge in [0.1, 0.15) is 0 Å². The van der Waals surface area contributed by atoms with E-state index in [1.165, 1.54) is 19.4 Å². The van der Waals surface area contributed by atoms with Crippen LogP contribution in [0.4, 0.5) is 0 Å². The van der Waals surface area contributed by atoms with Crippen LogP contribution in [-0.4, -0.2) is 60.5 Å². The van der Waals surface area contributed by atoms with Crippen molar-refractivity contribution in [3.8, 4) is 0 Å². The molecule has 0 aromatic rings. The predicted octanol–water partition coefficient (Wildman–Crippen LogP) is 2.02. The number of nitrogens with one attached hydrogen (secondary N) is 1. The Morgan fingerprint density at radius 2 is 2.20 bits per heavy atom. The average molecular weight is 286 g/mol. The molecule has 1 aliphatic rings. The van der Waals surface area contributed by atoms with Crippen molar-refractivity contribution in [1.29, 1.82) is 0 Å². The lowest BCUT2D eigenvalue weighted by Crippen LogP contribution is -2.49. The van der Waals surface area contributed by atoms with Crippen LogP contribution in [-0.2, 0) is 4.74 Å². The third kappa shape index (κ3) is 6.53. The van der Waals surface area contributed by atoms with Gasteiger partial charge in [-0.2, -0.15) is 0 Å². The molecule has 1 aliphatic heterocycles. The molecule has 0 spiro atoms. The molecule has 2 N–H and O–H groups in total. The first-order chi connectivity index (χ1) is 9.49. The van der Waals surface area contributed by atoms with Crippen molar-refractivity contribution >= 4 is 0 Å². The monoisotopic (exact) mass is 286 g/mol. The zero-order valence-corrected chi connectivity index (χ0v) is 13.8. The molecule has 0 bridgehead atoms. The van der Waals surface area contributed by atoms with Gasteiger partial charge in [-0.3, -0.25) is 0 Å². The molecule has 1 heterocycles. The van der Waals surface area contributed by atoms with Gasteiger partial charge in [-0.1, -0.05) is 13.8 Å². The van der Waals surface area contributed by atoms with E-state index in [2.05, 4.69) is 37.9 Å². The topological polar surface area (TPSA) is 44.7 Å². The normalized spacial score (nSPS) is 24.0. The van der Waals surface area contributed by atoms with E-state index < -0.39 is 0 Å². The maximum Gasteiger partial charge on any atom is 0.0702 e. The fourth-order valence-electron chi connectivity index (χ4n) is 3.17. The van der Waals surface area contributed by atoms with E-state index in [0.29, 0.717) is 12.1 Å². The Kier molecular flexibility index (Phi) is 8.03. The van der Waals surface area contributed by atoms with Crippen molar-refractivity contribution in [3.05, 3.63) is 0 Å². The Balaban J connectivity index is 2.28. The van der Waals surface area contributed by atoms with Crippen molar-refractivity contribution < 1.29 is 9.84 Å². The van der Waals surface area contributed by atoms with E-state index in [4.69, 9.17) is 4.74 Å². The molecule has 4 heteroatoms. The van der Waals surface area contributed by atoms with E-state index in [9.17, 15) is 5.11 Å². The van der Waals surface area contributed by atoms with Crippen LogP contribution in [0.3, 0.4) is 0 Å². The molecule has 4 nitrogen and oxygen atoms in total. The van der Waals surface area contributed by atoms with Crippen LogP contribution in [0.25, 0.3) is 0 Å². The molecule has 0 aliphatic carbocycles. The number of likely N-dealkylation sites (tertiary alicyclic amines) is 1. The summed E-state index contributed by atoms with van der Waals surface area (Å²) in [7, 11) is 0. The Bertz CT molecular complexity index is 259. The Labute approximate surface area is 124 Å². The second kappa shape index (κ2) is 8.98. The van der Waals surface area contributed by atoms with Crippen LogP contribution in [0, 0.1) is 0 Å². The number of nitrogens with zero attached hydrogens (tertiary/aromatic N) is 1. The van der Waals surface area contributed by atoms with E-state index in [1.54, 1.807) is 0 Å². The molecule has 1 rings (SSSR count). The number of hydrogen-bond donors (Lipinski definition) is 2. The summed E-state index contributed by atoms with van der Waals surface area (Å²) in [6.45, 7) is 12.8. The van der Waals surface area contributed by atoms with Gasteiger partial charge < -0.3 is 20.1 Å². The zero-order valence-electron chi connectivity index (χ0n) is 13.8. The Morgan fingerprint density at radius 3 is 2.80 bits per heavy atom. The van der Waals surface area contributed by atoms with Gasteiger partial charge in [0, 0.05) is 24.7 Å². The number of aliphatic hydroxyl groups excluding tert-OH is 1. The fraction of sp³-hybridized carbons (Fsp3) is 1.00. The maximum atomic E-state index is 9.59. The van der Waals surface area contributed by atoms with E-state index in [1.807, 2.05) is 0 Å². The van der Waals surface area contributed by atoms with Crippen molar-refractivity contribution in [2.45, 2.75) is 71.1 Å². The van der Waals surface area contributed by atoms with Crippen LogP contribution in [0.5, 0.6) is 0 Å². The Morgan fingerprint density at radius 1 is 1.45 bits per heavy atom. The number of hydrogen-bond acceptors (Lipinski definition) is 4. The summed E-state index contributed by atoms with van der Waals surface area (Å²) in [6.07, 6.45) is 5.00. The lowest BCUT2D eigenvalue weighted by Gasteiger charge is -2.35. The molecule has 0 aromatic heterocycles. The van der Waals surface area contributed by atoms with Crippen LogP contribution in [0.2, 0.25) is 0 Å². The molecule has 120 valence electrons. The smallest absolute Gasteiger partial charge is 0.0702 e. The van der Waals surface area contributed by atoms with Crippen molar-refractivity contribution in [1.82, 2.24) is 10.2 Å². The zero-order chi connectivity index (χ0) is 15.0. The molecule has 0 saturated carbocycles. The van der Waals surface area contributed by atoms with Gasteiger partial charge in [0.15, 0.2) is 0 Å². The van der Waals surface area contributed by atoms with Crippen molar-refractivity contribution in [2.75, 3.05) is 32.8 Å². The fourth-order valence-corrected chi connectivity index (χ4v) is 3.17. The predicted molar refractivity (Wildman–Crippen MR) is 84.1 cm³/mol. The molecule has 1 saturated heterocycles. The summed E-state index contributed by atoms with van der Waals surface area (Å²) in [5.74, 6) is 0. The lowest BCUT2D eigenvalue weighted by molar-refractivity contribution is 0.00480. The number of rotatable bonds is 9. The molecular formula is C16H34N2O2. The minimum atomic E-state index is -0.150. The highest BCUT2D eigenvalue weighted by Gasteiger charge is 2.25. The van der Waals surface area contributed by atoms with Crippen molar-refractivity contribution in [2.24, 2.45) is 0 Å². The van der Waals surface area contributed by atoms with Gasteiger partial charge in [-0.05, 0) is 52.6 Å². The molecule has 20 heavy (non-hydrogen) atoms. The lowest BCUT2D eigenvalue weighted by atomic mass is 9.95. The largest absolute Gasteiger partial charge is 0.394 e. The summed E-state index contributed by atoms with van der Waals surface area (Å²) in [4.78, 5) is 2.51. The third-order valence-corrected chi connectivity index (χ3v) is 4.05. The highest BCUT2D eigenvalue weighted by molar-refractivity contribution is 4.84. The van der Waals surface area contributed by atoms with Crippen LogP contribution < -0.4 is 5.32 Å². The number of aliphatic hydroxyl groups is 1. The minimum absolute atomic E-state index is 0.150. The highest BCUT2D eigenvalue weighted by atomic mass is 16.5. The summed E-state index contributed by atoms with van der Waals surface area (Å²) < 4.78 is 5.74. The first kappa shape index (κ1) is 17.9. The van der Waals surface area contributed by atoms with E-state index in [-0.39, 0.29) is 12.1 Å². The third-order valence-electron chi connectivity index (χ3n) is 4.05. The first-order valence-corrected chi connectivity index (χ1v) is 8.21. The van der Waals surface area contributed by atoms with E-state index >= 15 is 0 Å². The molecule has 1 fully saturated rings. The molecule has 0 radical (unpaired) electrons. The summed E-state index contributed by atoms with van der Waals surface area (Å²) >= 11 is 0. The first-order valence-electron chi connectivity index (χ1n) is 8.21. The van der Waals surface area contributed by atoms with Gasteiger partial charge in [0.25, 0.3) is 0 Å². The molecule has 0 amide bonds. The van der Waals surface area contributed by atoms with Crippen molar-refractivity contribution in [3.63, 3.8) is 0 Å². The summed E-state index contributed by atoms with van der Waals surface area (Å²) in [6, 6.07) is 0.407. The number of ether oxygens (including phenoxy) is 1. The molecule has 2 unspecified atom stereocenters.